The molecule has 0 bridgehead atoms. The van der Waals surface area contributed by atoms with Gasteiger partial charge >= 0.3 is 0 Å². The van der Waals surface area contributed by atoms with E-state index in [1.54, 1.807) is 0 Å². The summed E-state index contributed by atoms with van der Waals surface area (Å²) in [5, 5.41) is 11.3. The molecule has 2 aromatic heterocycles. The highest BCUT2D eigenvalue weighted by Gasteiger charge is 2.26. The topological polar surface area (TPSA) is 80.5 Å². The zero-order chi connectivity index (χ0) is 21.0. The summed E-state index contributed by atoms with van der Waals surface area (Å²) in [6, 6.07) is 23.7. The number of benzene rings is 2. The van der Waals surface area contributed by atoms with E-state index < -0.39 is 0 Å². The molecule has 0 radical (unpaired) electrons. The maximum atomic E-state index is 6.11. The number of fused-ring (bicyclic) bond motifs is 1. The first-order valence-electron chi connectivity index (χ1n) is 11.3. The quantitative estimate of drug-likeness (QED) is 0.401. The van der Waals surface area contributed by atoms with E-state index in [4.69, 9.17) is 5.73 Å². The minimum absolute atomic E-state index is 0.241. The third-order valence-electron chi connectivity index (χ3n) is 6.84. The monoisotopic (exact) mass is 411 g/mol. The minimum Gasteiger partial charge on any atom is -0.384 e. The molecule has 2 heterocycles. The molecule has 4 aromatic rings. The van der Waals surface area contributed by atoms with Crippen LogP contribution in [-0.2, 0) is 0 Å². The van der Waals surface area contributed by atoms with E-state index in [2.05, 4.69) is 81.1 Å². The van der Waals surface area contributed by atoms with Crippen molar-refractivity contribution in [3.63, 3.8) is 0 Å². The number of nitrogens with one attached hydrogen (secondary N) is 1. The molecule has 0 amide bonds. The molecule has 5 heteroatoms. The van der Waals surface area contributed by atoms with Crippen molar-refractivity contribution >= 4 is 17.0 Å². The number of hydrogen-bond donors (Lipinski definition) is 2. The third-order valence-corrected chi connectivity index (χ3v) is 6.84. The van der Waals surface area contributed by atoms with Crippen LogP contribution in [0.4, 0.5) is 5.82 Å². The van der Waals surface area contributed by atoms with Gasteiger partial charge < -0.3 is 5.73 Å². The van der Waals surface area contributed by atoms with Gasteiger partial charge in [-0.15, -0.1) is 5.10 Å². The fourth-order valence-corrected chi connectivity index (χ4v) is 5.31. The number of aromatic amines is 1. The van der Waals surface area contributed by atoms with Gasteiger partial charge in [-0.2, -0.15) is 10.3 Å². The van der Waals surface area contributed by atoms with Crippen LogP contribution in [0, 0.1) is 5.92 Å². The van der Waals surface area contributed by atoms with E-state index in [-0.39, 0.29) is 5.92 Å². The fourth-order valence-electron chi connectivity index (χ4n) is 5.31. The Bertz CT molecular complexity index is 1120. The normalized spacial score (nSPS) is 19.6. The Balaban J connectivity index is 1.31. The Morgan fingerprint density at radius 3 is 2.55 bits per heavy atom. The predicted molar refractivity (Wildman–Crippen MR) is 125 cm³/mol. The molecule has 1 unspecified atom stereocenters. The SMILES string of the molecule is Nc1cc(C(CCC[C@@H]2CC[C@@H](c3ccccc3)C2)c2ccccc2)c2n[nH]nc2n1. The van der Waals surface area contributed by atoms with Crippen molar-refractivity contribution < 1.29 is 0 Å². The number of hydrogen-bond acceptors (Lipinski definition) is 4. The number of aromatic nitrogens is 4. The largest absolute Gasteiger partial charge is 0.384 e. The number of nitrogen functional groups attached to an aromatic ring is 1. The molecular formula is C26H29N5. The van der Waals surface area contributed by atoms with Crippen molar-refractivity contribution in [2.24, 2.45) is 5.92 Å². The Labute approximate surface area is 183 Å². The molecule has 31 heavy (non-hydrogen) atoms. The van der Waals surface area contributed by atoms with Gasteiger partial charge in [0.2, 0.25) is 5.65 Å². The van der Waals surface area contributed by atoms with Crippen LogP contribution in [0.5, 0.6) is 0 Å². The zero-order valence-corrected chi connectivity index (χ0v) is 17.7. The van der Waals surface area contributed by atoms with Crippen molar-refractivity contribution in [3.05, 3.63) is 83.4 Å². The van der Waals surface area contributed by atoms with Crippen LogP contribution in [0.15, 0.2) is 66.7 Å². The van der Waals surface area contributed by atoms with Gasteiger partial charge in [-0.3, -0.25) is 0 Å². The number of nitrogens with zero attached hydrogens (tertiary/aromatic N) is 3. The Kier molecular flexibility index (Phi) is 5.65. The molecule has 1 aliphatic rings. The second-order valence-electron chi connectivity index (χ2n) is 8.81. The summed E-state index contributed by atoms with van der Waals surface area (Å²) in [5.41, 5.74) is 11.5. The molecule has 1 fully saturated rings. The standard InChI is InChI=1S/C26H29N5/c27-24-17-23(25-26(28-24)30-31-29-25)22(20-11-5-2-6-12-20)13-7-8-18-14-15-21(16-18)19-9-3-1-4-10-19/h1-6,9-12,17-18,21-22H,7-8,13-16H2,(H3,27,28,29,30,31)/t18-,21-,22?/m1/s1. The van der Waals surface area contributed by atoms with E-state index in [0.717, 1.165) is 29.3 Å². The molecule has 0 spiro atoms. The lowest BCUT2D eigenvalue weighted by atomic mass is 9.85. The van der Waals surface area contributed by atoms with Gasteiger partial charge in [0.05, 0.1) is 0 Å². The summed E-state index contributed by atoms with van der Waals surface area (Å²) in [5.74, 6) is 2.28. The number of H-pyrrole nitrogens is 1. The van der Waals surface area contributed by atoms with Crippen molar-refractivity contribution in [3.8, 4) is 0 Å². The summed E-state index contributed by atoms with van der Waals surface area (Å²) in [7, 11) is 0. The van der Waals surface area contributed by atoms with Crippen LogP contribution >= 0.6 is 0 Å². The molecule has 5 rings (SSSR count). The lowest BCUT2D eigenvalue weighted by Crippen LogP contribution is -2.06. The summed E-state index contributed by atoms with van der Waals surface area (Å²) < 4.78 is 0. The van der Waals surface area contributed by atoms with E-state index in [1.807, 2.05) is 6.07 Å². The fraction of sp³-hybridized carbons (Fsp3) is 0.346. The number of nitrogens with two attached hydrogens (primary N) is 1. The highest BCUT2D eigenvalue weighted by molar-refractivity contribution is 5.77. The van der Waals surface area contributed by atoms with E-state index in [9.17, 15) is 0 Å². The molecule has 1 saturated carbocycles. The molecule has 3 atom stereocenters. The van der Waals surface area contributed by atoms with E-state index in [0.29, 0.717) is 11.5 Å². The zero-order valence-electron chi connectivity index (χ0n) is 17.7. The third kappa shape index (κ3) is 4.31. The maximum absolute atomic E-state index is 6.11. The van der Waals surface area contributed by atoms with Crippen LogP contribution in [0.3, 0.4) is 0 Å². The van der Waals surface area contributed by atoms with Crippen LogP contribution in [-0.4, -0.2) is 20.4 Å². The highest BCUT2D eigenvalue weighted by atomic mass is 15.3. The molecule has 3 N–H and O–H groups in total. The second kappa shape index (κ2) is 8.88. The van der Waals surface area contributed by atoms with Gasteiger partial charge in [0.1, 0.15) is 11.3 Å². The highest BCUT2D eigenvalue weighted by Crippen LogP contribution is 2.41. The molecule has 2 aromatic carbocycles. The van der Waals surface area contributed by atoms with Crippen LogP contribution in [0.25, 0.3) is 11.2 Å². The van der Waals surface area contributed by atoms with Crippen LogP contribution in [0.2, 0.25) is 0 Å². The summed E-state index contributed by atoms with van der Waals surface area (Å²) in [6.45, 7) is 0. The number of pyridine rings is 1. The minimum atomic E-state index is 0.241. The van der Waals surface area contributed by atoms with Crippen LogP contribution < -0.4 is 5.73 Å². The molecule has 158 valence electrons. The number of anilines is 1. The van der Waals surface area contributed by atoms with Crippen molar-refractivity contribution in [1.29, 1.82) is 0 Å². The van der Waals surface area contributed by atoms with Crippen LogP contribution in [0.1, 0.15) is 67.1 Å². The first kappa shape index (κ1) is 19.7. The molecule has 5 nitrogen and oxygen atoms in total. The average molecular weight is 412 g/mol. The van der Waals surface area contributed by atoms with Gasteiger partial charge in [0.15, 0.2) is 0 Å². The second-order valence-corrected chi connectivity index (χ2v) is 8.81. The summed E-state index contributed by atoms with van der Waals surface area (Å²) >= 11 is 0. The first-order chi connectivity index (χ1) is 15.3. The van der Waals surface area contributed by atoms with Crippen molar-refractivity contribution in [1.82, 2.24) is 20.4 Å². The maximum Gasteiger partial charge on any atom is 0.203 e. The molecule has 0 saturated heterocycles. The Hall–Kier alpha value is -3.21. The average Bonchev–Trinajstić information content (AvgIpc) is 3.47. The molecule has 1 aliphatic carbocycles. The van der Waals surface area contributed by atoms with Crippen molar-refractivity contribution in [2.75, 3.05) is 5.73 Å². The van der Waals surface area contributed by atoms with Gasteiger partial charge in [-0.25, -0.2) is 4.98 Å². The Morgan fingerprint density at radius 2 is 1.74 bits per heavy atom. The van der Waals surface area contributed by atoms with Gasteiger partial charge in [-0.05, 0) is 60.3 Å². The predicted octanol–water partition coefficient (Wildman–Crippen LogP) is 5.82. The first-order valence-corrected chi connectivity index (χ1v) is 11.3. The lowest BCUT2D eigenvalue weighted by molar-refractivity contribution is 0.459. The number of rotatable bonds is 7. The summed E-state index contributed by atoms with van der Waals surface area (Å²) in [6.07, 6.45) is 7.50. The Morgan fingerprint density at radius 1 is 0.968 bits per heavy atom. The molecular weight excluding hydrogens is 382 g/mol. The van der Waals surface area contributed by atoms with Gasteiger partial charge in [-0.1, -0.05) is 73.5 Å². The van der Waals surface area contributed by atoms with E-state index >= 15 is 0 Å². The van der Waals surface area contributed by atoms with Crippen molar-refractivity contribution in [2.45, 2.75) is 50.4 Å². The van der Waals surface area contributed by atoms with Gasteiger partial charge in [0, 0.05) is 5.92 Å². The van der Waals surface area contributed by atoms with E-state index in [1.165, 1.54) is 43.2 Å². The van der Waals surface area contributed by atoms with Gasteiger partial charge in [0.25, 0.3) is 0 Å². The smallest absolute Gasteiger partial charge is 0.203 e. The summed E-state index contributed by atoms with van der Waals surface area (Å²) in [4.78, 5) is 4.33. The lowest BCUT2D eigenvalue weighted by Gasteiger charge is -2.20. The molecule has 0 aliphatic heterocycles.